The van der Waals surface area contributed by atoms with Crippen molar-refractivity contribution in [3.63, 3.8) is 0 Å². The van der Waals surface area contributed by atoms with Crippen molar-refractivity contribution in [1.29, 1.82) is 0 Å². The van der Waals surface area contributed by atoms with E-state index in [-0.39, 0.29) is 57.7 Å². The van der Waals surface area contributed by atoms with Gasteiger partial charge in [0.05, 0.1) is 0 Å². The first kappa shape index (κ1) is 48.8. The molecule has 3 aromatic heterocycles. The van der Waals surface area contributed by atoms with Gasteiger partial charge in [-0.1, -0.05) is 16.4 Å². The molecule has 1 saturated heterocycles. The Hall–Kier alpha value is -7.11. The van der Waals surface area contributed by atoms with Crippen LogP contribution in [0.1, 0.15) is 39.1 Å². The first-order chi connectivity index (χ1) is 32.1. The van der Waals surface area contributed by atoms with Crippen molar-refractivity contribution < 1.29 is 72.7 Å². The Bertz CT molecular complexity index is 2730. The molecule has 4 aliphatic rings. The number of aliphatic carboxylic acids is 3. The summed E-state index contributed by atoms with van der Waals surface area (Å²) in [4.78, 5) is 125. The number of fused-ring (bicyclic) bond motifs is 1. The van der Waals surface area contributed by atoms with Crippen molar-refractivity contribution >= 4 is 115 Å². The number of nitrogen functional groups attached to an aromatic ring is 1. The molecule has 0 bridgehead atoms. The Kier molecular flexibility index (Phi) is 14.1. The number of carbonyl (C=O) groups excluding carboxylic acids is 5. The van der Waals surface area contributed by atoms with Crippen molar-refractivity contribution in [3.05, 3.63) is 75.3 Å². The van der Waals surface area contributed by atoms with Crippen LogP contribution in [0.5, 0.6) is 0 Å². The van der Waals surface area contributed by atoms with Crippen LogP contribution in [0.2, 0.25) is 0 Å². The van der Waals surface area contributed by atoms with Crippen molar-refractivity contribution in [2.24, 2.45) is 10.3 Å². The summed E-state index contributed by atoms with van der Waals surface area (Å²) in [5.74, 6) is -8.28. The molecule has 7 heterocycles. The number of hydrogen-bond donors (Lipinski definition) is 8. The van der Waals surface area contributed by atoms with Gasteiger partial charge in [0.2, 0.25) is 11.2 Å². The summed E-state index contributed by atoms with van der Waals surface area (Å²) in [6.45, 7) is 4.89. The van der Waals surface area contributed by atoms with Crippen molar-refractivity contribution in [2.75, 3.05) is 29.2 Å². The number of aromatic nitrogens is 3. The van der Waals surface area contributed by atoms with Gasteiger partial charge >= 0.3 is 23.9 Å². The monoisotopic (exact) mass is 1010 g/mol. The lowest BCUT2D eigenvalue weighted by Crippen LogP contribution is -2.71. The first-order valence-corrected chi connectivity index (χ1v) is 23.7. The molecule has 0 aromatic carbocycles. The molecule has 4 atom stereocenters. The molecular weight excluding hydrogens is 975 g/mol. The summed E-state index contributed by atoms with van der Waals surface area (Å²) in [5, 5.41) is 48.2. The highest BCUT2D eigenvalue weighted by atomic mass is 32.2. The fourth-order valence-corrected chi connectivity index (χ4v) is 10.1. The van der Waals surface area contributed by atoms with Crippen LogP contribution in [0.15, 0.2) is 74.2 Å². The number of carboxylic acid groups (broad SMARTS) is 3. The van der Waals surface area contributed by atoms with Crippen LogP contribution < -0.4 is 31.6 Å². The molecule has 0 saturated carbocycles. The lowest BCUT2D eigenvalue weighted by molar-refractivity contribution is -0.689. The van der Waals surface area contributed by atoms with E-state index < -0.39 is 93.0 Å². The predicted octanol–water partition coefficient (Wildman–Crippen LogP) is -0.327. The van der Waals surface area contributed by atoms with E-state index in [0.717, 1.165) is 53.2 Å². The van der Waals surface area contributed by atoms with Crippen LogP contribution in [-0.2, 0) is 59.3 Å². The van der Waals surface area contributed by atoms with Gasteiger partial charge in [0.25, 0.3) is 23.6 Å². The smallest absolute Gasteiger partial charge is 0.354 e. The lowest BCUT2D eigenvalue weighted by atomic mass is 10.0. The van der Waals surface area contributed by atoms with Crippen molar-refractivity contribution in [3.8, 4) is 0 Å². The number of cyclic esters (lactones) is 1. The third kappa shape index (κ3) is 10.4. The SMILES string of the molecule is CC(C)(O/N=C(\C(=O)N[C@H](C(=O)Nc1nc(/C(=N/OC(C)(C)C(=O)O)C(=O)N[C@@H]2C(=O)N3C(C(=O)O)=C(C[n+]4ccccc4)CS[C@H]23)cs1)[C@@H]1NC2=C(COC2=O)CS1)c1csc(N)n1)C(=O)O. The van der Waals surface area contributed by atoms with Gasteiger partial charge in [-0.3, -0.25) is 24.1 Å². The Labute approximate surface area is 400 Å². The number of carboxylic acids is 3. The number of ether oxygens (including phenoxy) is 1. The summed E-state index contributed by atoms with van der Waals surface area (Å²) in [5.41, 5.74) is 1.29. The summed E-state index contributed by atoms with van der Waals surface area (Å²) >= 11 is 4.06. The number of pyridine rings is 1. The Balaban J connectivity index is 1.14. The molecule has 1 fully saturated rings. The molecule has 358 valence electrons. The molecule has 25 nitrogen and oxygen atoms in total. The highest BCUT2D eigenvalue weighted by Crippen LogP contribution is 2.40. The highest BCUT2D eigenvalue weighted by molar-refractivity contribution is 8.00. The minimum atomic E-state index is -1.98. The second kappa shape index (κ2) is 19.6. The summed E-state index contributed by atoms with van der Waals surface area (Å²) < 4.78 is 6.88. The van der Waals surface area contributed by atoms with E-state index in [1.165, 1.54) is 36.4 Å². The van der Waals surface area contributed by atoms with Gasteiger partial charge in [-0.05, 0) is 27.7 Å². The standard InChI is InChI=1S/C39H39N11O14S4/c1-38(2,34(58)59)63-47-21(18-14-67-36(40)41-18)26(51)43-23(29-45-20-17(13-65-29)11-62-33(20)57)28(53)46-37-42-19(15-68-37)22(48-64-39(3,4)35(60)61)27(52)44-24-30(54)50-25(32(55)56)16(12-66-31(24)50)10-49-8-6-5-7-9-49/h5-9,14-15,23-24,29,31,45H,10-13H2,1-4H3,(H7-,40,41,42,43,44,46,51,52,53,55,56,58,59,60,61)/p+1/b47-21-,48-22-/t23-,24-,29-,31-/m1/s1. The van der Waals surface area contributed by atoms with E-state index in [4.69, 9.17) is 20.1 Å². The molecule has 68 heavy (non-hydrogen) atoms. The van der Waals surface area contributed by atoms with Gasteiger partial charge in [0.1, 0.15) is 52.2 Å². The number of β-lactam (4-membered cyclic amide) rings is 1. The second-order valence-corrected chi connectivity index (χ2v) is 19.8. The molecular formula is C39H40N11O14S4+. The molecule has 4 aliphatic heterocycles. The number of thiazole rings is 2. The molecule has 3 aromatic rings. The molecule has 0 aliphatic carbocycles. The number of oxime groups is 2. The van der Waals surface area contributed by atoms with Crippen molar-refractivity contribution in [1.82, 2.24) is 30.8 Å². The van der Waals surface area contributed by atoms with E-state index in [9.17, 15) is 53.7 Å². The maximum absolute atomic E-state index is 14.3. The maximum atomic E-state index is 14.3. The molecule has 9 N–H and O–H groups in total. The number of thioether (sulfide) groups is 2. The first-order valence-electron chi connectivity index (χ1n) is 19.9. The second-order valence-electron chi connectivity index (χ2n) is 15.8. The number of nitrogens with zero attached hydrogens (tertiary/aromatic N) is 6. The van der Waals surface area contributed by atoms with Crippen LogP contribution in [0.3, 0.4) is 0 Å². The van der Waals surface area contributed by atoms with Crippen LogP contribution >= 0.6 is 46.2 Å². The number of carbonyl (C=O) groups is 8. The van der Waals surface area contributed by atoms with E-state index in [2.05, 4.69) is 41.5 Å². The van der Waals surface area contributed by atoms with E-state index >= 15 is 0 Å². The van der Waals surface area contributed by atoms with E-state index in [1.807, 2.05) is 0 Å². The van der Waals surface area contributed by atoms with Gasteiger partial charge < -0.3 is 56.7 Å². The molecule has 29 heteroatoms. The normalized spacial score (nSPS) is 19.9. The Morgan fingerprint density at radius 3 is 2.18 bits per heavy atom. The van der Waals surface area contributed by atoms with Crippen LogP contribution in [-0.4, -0.2) is 141 Å². The van der Waals surface area contributed by atoms with Gasteiger partial charge in [-0.25, -0.2) is 33.7 Å². The van der Waals surface area contributed by atoms with Gasteiger partial charge in [-0.15, -0.1) is 46.2 Å². The maximum Gasteiger partial charge on any atom is 0.354 e. The number of rotatable bonds is 18. The number of anilines is 2. The van der Waals surface area contributed by atoms with Crippen molar-refractivity contribution in [2.45, 2.75) is 68.3 Å². The number of amides is 4. The third-order valence-electron chi connectivity index (χ3n) is 10.1. The summed E-state index contributed by atoms with van der Waals surface area (Å²) in [6.07, 6.45) is 3.49. The fourth-order valence-electron chi connectivity index (χ4n) is 6.36. The number of nitrogens with two attached hydrogens (primary N) is 1. The minimum Gasteiger partial charge on any atom is -0.478 e. The highest BCUT2D eigenvalue weighted by Gasteiger charge is 2.55. The largest absolute Gasteiger partial charge is 0.478 e. The molecule has 0 spiro atoms. The minimum absolute atomic E-state index is 0.0115. The topological polar surface area (TPSA) is 357 Å². The molecule has 4 amide bonds. The van der Waals surface area contributed by atoms with Crippen LogP contribution in [0.4, 0.5) is 10.3 Å². The molecule has 7 rings (SSSR count). The Morgan fingerprint density at radius 1 is 0.926 bits per heavy atom. The lowest BCUT2D eigenvalue weighted by Gasteiger charge is -2.49. The molecule has 0 radical (unpaired) electrons. The van der Waals surface area contributed by atoms with Crippen LogP contribution in [0, 0.1) is 0 Å². The number of esters is 1. The average molecular weight is 1020 g/mol. The number of hydrogen-bond acceptors (Lipinski definition) is 21. The fraction of sp³-hybridized carbons (Fsp3) is 0.359. The summed E-state index contributed by atoms with van der Waals surface area (Å²) in [6, 6.07) is 2.51. The summed E-state index contributed by atoms with van der Waals surface area (Å²) in [7, 11) is 0. The van der Waals surface area contributed by atoms with Gasteiger partial charge in [0, 0.05) is 45.5 Å². The third-order valence-corrected chi connectivity index (χ3v) is 14.2. The predicted molar refractivity (Wildman–Crippen MR) is 242 cm³/mol. The average Bonchev–Trinajstić information content (AvgIpc) is 4.04. The number of nitrogens with one attached hydrogen (secondary N) is 4. The van der Waals surface area contributed by atoms with Gasteiger partial charge in [0.15, 0.2) is 40.6 Å². The van der Waals surface area contributed by atoms with E-state index in [1.54, 1.807) is 35.2 Å². The van der Waals surface area contributed by atoms with Gasteiger partial charge in [-0.2, -0.15) is 0 Å². The van der Waals surface area contributed by atoms with E-state index in [0.29, 0.717) is 11.1 Å². The van der Waals surface area contributed by atoms with Crippen LogP contribution in [0.25, 0.3) is 0 Å². The zero-order valence-electron chi connectivity index (χ0n) is 35.9. The zero-order chi connectivity index (χ0) is 49.2. The quantitative estimate of drug-likeness (QED) is 0.0266. The zero-order valence-corrected chi connectivity index (χ0v) is 39.2. The Morgan fingerprint density at radius 2 is 1.56 bits per heavy atom. The molecule has 0 unspecified atom stereocenters.